The van der Waals surface area contributed by atoms with E-state index in [0.717, 1.165) is 71.0 Å². The molecule has 0 bridgehead atoms. The molecular weight excluding hydrogens is 747 g/mol. The largest absolute Gasteiger partial charge is 0.507 e. The molecule has 1 heterocycles. The van der Waals surface area contributed by atoms with E-state index in [1.807, 2.05) is 0 Å². The first-order valence-corrected chi connectivity index (χ1v) is 20.9. The molecule has 0 spiro atoms. The van der Waals surface area contributed by atoms with Gasteiger partial charge < -0.3 is 64.1 Å². The molecule has 0 saturated heterocycles. The molecule has 1 unspecified atom stereocenters. The number of hydrogen-bond donors (Lipinski definition) is 12. The topological polar surface area (TPSA) is 287 Å². The molecule has 0 aliphatic heterocycles. The van der Waals surface area contributed by atoms with Crippen LogP contribution in [0.25, 0.3) is 10.9 Å². The van der Waals surface area contributed by atoms with Crippen molar-refractivity contribution in [1.29, 1.82) is 0 Å². The number of phenols is 1. The maximum absolute atomic E-state index is 12.7. The van der Waals surface area contributed by atoms with Gasteiger partial charge in [0.2, 0.25) is 35.4 Å². The number of nitrogens with two attached hydrogens (primary N) is 2. The number of hydrogen-bond acceptors (Lipinski definition) is 11. The van der Waals surface area contributed by atoms with E-state index in [1.54, 1.807) is 18.3 Å². The molecule has 0 fully saturated rings. The van der Waals surface area contributed by atoms with Crippen molar-refractivity contribution >= 4 is 46.3 Å². The van der Waals surface area contributed by atoms with Crippen molar-refractivity contribution in [2.75, 3.05) is 72.0 Å². The molecule has 58 heavy (non-hydrogen) atoms. The van der Waals surface area contributed by atoms with Crippen molar-refractivity contribution < 1.29 is 33.9 Å². The van der Waals surface area contributed by atoms with E-state index in [9.17, 15) is 33.9 Å². The van der Waals surface area contributed by atoms with Crippen molar-refractivity contribution in [3.05, 3.63) is 30.0 Å². The number of H-pyrrole nitrogens is 1. The van der Waals surface area contributed by atoms with Crippen molar-refractivity contribution in [1.82, 2.24) is 47.5 Å². The Labute approximate surface area is 342 Å². The molecule has 1 atom stereocenters. The number of unbranched alkanes of at least 4 members (excludes halogenated alkanes) is 5. The second-order valence-corrected chi connectivity index (χ2v) is 14.3. The number of carbonyl (C=O) groups is 6. The maximum Gasteiger partial charge on any atom is 0.243 e. The van der Waals surface area contributed by atoms with E-state index in [1.165, 1.54) is 6.07 Å². The lowest BCUT2D eigenvalue weighted by Gasteiger charge is -2.17. The number of aromatic nitrogens is 1. The molecule has 2 aromatic rings. The number of nitrogens with one attached hydrogen (secondary N) is 9. The van der Waals surface area contributed by atoms with Crippen LogP contribution in [0, 0.1) is 0 Å². The van der Waals surface area contributed by atoms with Gasteiger partial charge in [-0.2, -0.15) is 0 Å². The number of benzene rings is 1. The van der Waals surface area contributed by atoms with Crippen LogP contribution >= 0.6 is 0 Å². The van der Waals surface area contributed by atoms with Crippen LogP contribution in [-0.4, -0.2) is 124 Å². The average Bonchev–Trinajstić information content (AvgIpc) is 3.60. The fourth-order valence-corrected chi connectivity index (χ4v) is 6.04. The fraction of sp³-hybridized carbons (Fsp3) is 0.650. The van der Waals surface area contributed by atoms with E-state index in [4.69, 9.17) is 11.5 Å². The van der Waals surface area contributed by atoms with Gasteiger partial charge in [0.25, 0.3) is 0 Å². The van der Waals surface area contributed by atoms with Gasteiger partial charge in [0, 0.05) is 82.2 Å². The molecule has 2 rings (SSSR count). The van der Waals surface area contributed by atoms with Crippen LogP contribution in [0.4, 0.5) is 0 Å². The predicted molar refractivity (Wildman–Crippen MR) is 225 cm³/mol. The third-order valence-electron chi connectivity index (χ3n) is 9.25. The van der Waals surface area contributed by atoms with Gasteiger partial charge in [0.05, 0.1) is 12.8 Å². The first-order chi connectivity index (χ1) is 28.1. The number of aromatic hydroxyl groups is 1. The first-order valence-electron chi connectivity index (χ1n) is 20.9. The molecule has 0 saturated carbocycles. The Morgan fingerprint density at radius 1 is 0.603 bits per heavy atom. The van der Waals surface area contributed by atoms with E-state index >= 15 is 0 Å². The Morgan fingerprint density at radius 2 is 1.09 bits per heavy atom. The monoisotopic (exact) mass is 816 g/mol. The second kappa shape index (κ2) is 31.2. The lowest BCUT2D eigenvalue weighted by molar-refractivity contribution is -0.131. The molecule has 18 nitrogen and oxygen atoms in total. The van der Waals surface area contributed by atoms with Crippen molar-refractivity contribution in [2.45, 2.75) is 95.9 Å². The number of aromatic amines is 1. The van der Waals surface area contributed by atoms with Crippen molar-refractivity contribution in [3.63, 3.8) is 0 Å². The standard InChI is InChI=1S/C40H69N11O7/c41-16-2-5-17-43-24-13-36(55)47-21-8-7-19-45-26-15-37(56)48-22-9-6-18-44-25-14-35(54)46-20-3-1-4-23-49-40(58)32(28-34(42)53)51-38(57)27-30-29-50-31-11-10-12-33(52)39(30)31/h10-12,29,32,43-45,50,52H,1-9,13-28,41H2,(H2,42,53)(H,46,54)(H,47,55)(H,48,56)(H,49,58)(H,51,57). The Hall–Kier alpha value is -4.78. The summed E-state index contributed by atoms with van der Waals surface area (Å²) in [5.41, 5.74) is 12.0. The highest BCUT2D eigenvalue weighted by Crippen LogP contribution is 2.27. The summed E-state index contributed by atoms with van der Waals surface area (Å²) in [6.45, 7) is 7.09. The van der Waals surface area contributed by atoms with Crippen LogP contribution in [0.1, 0.15) is 89.0 Å². The van der Waals surface area contributed by atoms with Crippen LogP contribution in [-0.2, 0) is 35.2 Å². The van der Waals surface area contributed by atoms with Crippen molar-refractivity contribution in [2.24, 2.45) is 11.5 Å². The van der Waals surface area contributed by atoms with Crippen LogP contribution < -0.4 is 54.0 Å². The van der Waals surface area contributed by atoms with Gasteiger partial charge in [0.1, 0.15) is 11.8 Å². The van der Waals surface area contributed by atoms with E-state index in [-0.39, 0.29) is 36.3 Å². The van der Waals surface area contributed by atoms with Gasteiger partial charge in [-0.25, -0.2) is 0 Å². The van der Waals surface area contributed by atoms with Gasteiger partial charge >= 0.3 is 0 Å². The third kappa shape index (κ3) is 23.5. The number of primary amides is 1. The molecule has 0 aliphatic carbocycles. The molecular formula is C40H69N11O7. The molecule has 18 heteroatoms. The Morgan fingerprint density at radius 3 is 1.60 bits per heavy atom. The molecule has 1 aromatic heterocycles. The van der Waals surface area contributed by atoms with Crippen LogP contribution in [0.2, 0.25) is 0 Å². The average molecular weight is 816 g/mol. The van der Waals surface area contributed by atoms with Gasteiger partial charge in [-0.15, -0.1) is 0 Å². The summed E-state index contributed by atoms with van der Waals surface area (Å²) >= 11 is 0. The number of rotatable bonds is 35. The smallest absolute Gasteiger partial charge is 0.243 e. The second-order valence-electron chi connectivity index (χ2n) is 14.3. The molecule has 1 aromatic carbocycles. The number of fused-ring (bicyclic) bond motifs is 1. The zero-order valence-corrected chi connectivity index (χ0v) is 34.1. The summed E-state index contributed by atoms with van der Waals surface area (Å²) in [5.74, 6) is -1.67. The van der Waals surface area contributed by atoms with Gasteiger partial charge in [-0.3, -0.25) is 28.8 Å². The van der Waals surface area contributed by atoms with E-state index in [0.29, 0.717) is 94.5 Å². The fourth-order valence-electron chi connectivity index (χ4n) is 6.04. The van der Waals surface area contributed by atoms with Crippen LogP contribution in [0.15, 0.2) is 24.4 Å². The summed E-state index contributed by atoms with van der Waals surface area (Å²) in [4.78, 5) is 76.1. The highest BCUT2D eigenvalue weighted by Gasteiger charge is 2.23. The molecule has 14 N–H and O–H groups in total. The predicted octanol–water partition coefficient (Wildman–Crippen LogP) is -0.350. The number of carbonyl (C=O) groups excluding carboxylic acids is 6. The normalized spacial score (nSPS) is 11.5. The molecule has 0 aliphatic rings. The minimum absolute atomic E-state index is 0.0159. The maximum atomic E-state index is 12.7. The quantitative estimate of drug-likeness (QED) is 0.0400. The lowest BCUT2D eigenvalue weighted by Crippen LogP contribution is -2.49. The van der Waals surface area contributed by atoms with Gasteiger partial charge in [-0.1, -0.05) is 6.07 Å². The SMILES string of the molecule is NCCCCNCCC(=O)NCCCCNCCC(=O)NCCCCNCCC(=O)NCCCCCNC(=O)C(CC(N)=O)NC(=O)Cc1c[nH]c2cccc(O)c12. The van der Waals surface area contributed by atoms with Gasteiger partial charge in [-0.05, 0) is 102 Å². The Kier molecular flexibility index (Phi) is 26.6. The van der Waals surface area contributed by atoms with Crippen molar-refractivity contribution in [3.8, 4) is 5.75 Å². The molecule has 6 amide bonds. The first kappa shape index (κ1) is 49.4. The summed E-state index contributed by atoms with van der Waals surface area (Å²) in [6.07, 6.45) is 10.1. The van der Waals surface area contributed by atoms with Crippen LogP contribution in [0.3, 0.4) is 0 Å². The van der Waals surface area contributed by atoms with E-state index in [2.05, 4.69) is 47.5 Å². The summed E-state index contributed by atoms with van der Waals surface area (Å²) in [7, 11) is 0. The van der Waals surface area contributed by atoms with Gasteiger partial charge in [0.15, 0.2) is 0 Å². The molecule has 326 valence electrons. The van der Waals surface area contributed by atoms with Crippen LogP contribution in [0.5, 0.6) is 5.75 Å². The zero-order chi connectivity index (χ0) is 42.2. The third-order valence-corrected chi connectivity index (χ3v) is 9.25. The summed E-state index contributed by atoms with van der Waals surface area (Å²) in [5, 5.41) is 34.5. The minimum atomic E-state index is -1.12. The Balaban J connectivity index is 1.38. The minimum Gasteiger partial charge on any atom is -0.507 e. The lowest BCUT2D eigenvalue weighted by atomic mass is 10.1. The zero-order valence-electron chi connectivity index (χ0n) is 34.1. The number of phenolic OH excluding ortho intramolecular Hbond substituents is 1. The number of amides is 6. The molecule has 0 radical (unpaired) electrons. The highest BCUT2D eigenvalue weighted by atomic mass is 16.3. The Bertz CT molecular complexity index is 1520. The summed E-state index contributed by atoms with van der Waals surface area (Å²) in [6, 6.07) is 3.85. The van der Waals surface area contributed by atoms with E-state index < -0.39 is 23.8 Å². The highest BCUT2D eigenvalue weighted by molar-refractivity contribution is 5.95. The summed E-state index contributed by atoms with van der Waals surface area (Å²) < 4.78 is 0.